The SMILES string of the molecule is C.C/C(C=O)=C\C(=O)[O-]. The highest BCUT2D eigenvalue weighted by Crippen LogP contribution is 1.81. The Morgan fingerprint density at radius 2 is 2.00 bits per heavy atom. The molecule has 0 heterocycles. The van der Waals surface area contributed by atoms with E-state index in [0.717, 1.165) is 6.08 Å². The number of carboxylic acids is 1. The van der Waals surface area contributed by atoms with Crippen molar-refractivity contribution in [2.75, 3.05) is 0 Å². The number of hydrogen-bond donors (Lipinski definition) is 0. The molecule has 52 valence electrons. The van der Waals surface area contributed by atoms with Crippen LogP contribution in [0.25, 0.3) is 0 Å². The first-order valence-electron chi connectivity index (χ1n) is 2.01. The van der Waals surface area contributed by atoms with Gasteiger partial charge in [-0.2, -0.15) is 0 Å². The molecule has 0 rings (SSSR count). The third-order valence-electron chi connectivity index (χ3n) is 0.531. The molecule has 0 bridgehead atoms. The lowest BCUT2D eigenvalue weighted by molar-refractivity contribution is -0.297. The second-order valence-corrected chi connectivity index (χ2v) is 1.33. The second-order valence-electron chi connectivity index (χ2n) is 1.33. The standard InChI is InChI=1S/C5H6O3.CH4/c1-4(3-6)2-5(7)8;/h2-3H,1H3,(H,7,8);1H4/p-1/b4-2+;. The summed E-state index contributed by atoms with van der Waals surface area (Å²) in [5, 5.41) is 9.62. The van der Waals surface area contributed by atoms with Crippen molar-refractivity contribution in [2.45, 2.75) is 14.4 Å². The van der Waals surface area contributed by atoms with Crippen LogP contribution in [0.2, 0.25) is 0 Å². The summed E-state index contributed by atoms with van der Waals surface area (Å²) in [6, 6.07) is 0. The molecule has 0 saturated heterocycles. The van der Waals surface area contributed by atoms with Crippen molar-refractivity contribution in [3.05, 3.63) is 11.6 Å². The summed E-state index contributed by atoms with van der Waals surface area (Å²) >= 11 is 0. The molecule has 3 nitrogen and oxygen atoms in total. The highest BCUT2D eigenvalue weighted by atomic mass is 16.4. The van der Waals surface area contributed by atoms with Gasteiger partial charge in [0.1, 0.15) is 6.29 Å². The zero-order chi connectivity index (χ0) is 6.57. The summed E-state index contributed by atoms with van der Waals surface area (Å²) in [6.45, 7) is 1.39. The second kappa shape index (κ2) is 5.03. The maximum atomic E-state index is 9.68. The van der Waals surface area contributed by atoms with E-state index in [1.807, 2.05) is 0 Å². The Hall–Kier alpha value is -1.12. The minimum Gasteiger partial charge on any atom is -0.545 e. The van der Waals surface area contributed by atoms with Crippen LogP contribution in [-0.4, -0.2) is 12.3 Å². The van der Waals surface area contributed by atoms with Crippen LogP contribution in [0.3, 0.4) is 0 Å². The van der Waals surface area contributed by atoms with Gasteiger partial charge in [0.25, 0.3) is 0 Å². The molecule has 0 aromatic carbocycles. The van der Waals surface area contributed by atoms with Crippen LogP contribution in [0, 0.1) is 0 Å². The van der Waals surface area contributed by atoms with Crippen molar-refractivity contribution in [2.24, 2.45) is 0 Å². The van der Waals surface area contributed by atoms with Crippen LogP contribution in [-0.2, 0) is 9.59 Å². The summed E-state index contributed by atoms with van der Waals surface area (Å²) in [4.78, 5) is 19.3. The number of carbonyl (C=O) groups excluding carboxylic acids is 2. The van der Waals surface area contributed by atoms with E-state index < -0.39 is 5.97 Å². The third kappa shape index (κ3) is 6.88. The maximum absolute atomic E-state index is 9.68. The lowest BCUT2D eigenvalue weighted by Gasteiger charge is -1.89. The molecule has 0 fully saturated rings. The van der Waals surface area contributed by atoms with Gasteiger partial charge < -0.3 is 9.90 Å². The molecule has 0 atom stereocenters. The van der Waals surface area contributed by atoms with Crippen LogP contribution >= 0.6 is 0 Å². The molecule has 9 heavy (non-hydrogen) atoms. The first-order valence-corrected chi connectivity index (χ1v) is 2.01. The van der Waals surface area contributed by atoms with Gasteiger partial charge in [0, 0.05) is 0 Å². The normalized spacial score (nSPS) is 9.67. The van der Waals surface area contributed by atoms with Crippen molar-refractivity contribution in [1.29, 1.82) is 0 Å². The highest BCUT2D eigenvalue weighted by Gasteiger charge is 1.80. The average molecular weight is 129 g/mol. The van der Waals surface area contributed by atoms with E-state index in [2.05, 4.69) is 0 Å². The summed E-state index contributed by atoms with van der Waals surface area (Å²) in [5.41, 5.74) is 0.157. The molecule has 0 aliphatic rings. The van der Waals surface area contributed by atoms with Crippen molar-refractivity contribution in [3.8, 4) is 0 Å². The molecule has 3 heteroatoms. The van der Waals surface area contributed by atoms with Gasteiger partial charge in [0.2, 0.25) is 0 Å². The fourth-order valence-corrected chi connectivity index (χ4v) is 0.220. The Morgan fingerprint density at radius 3 is 2.11 bits per heavy atom. The molecular weight excluding hydrogens is 120 g/mol. The zero-order valence-electron chi connectivity index (χ0n) is 4.38. The molecule has 0 aliphatic carbocycles. The Labute approximate surface area is 54.0 Å². The number of allylic oxidation sites excluding steroid dienone is 1. The number of rotatable bonds is 2. The van der Waals surface area contributed by atoms with Gasteiger partial charge in [-0.3, -0.25) is 4.79 Å². The summed E-state index contributed by atoms with van der Waals surface area (Å²) in [5.74, 6) is -1.34. The summed E-state index contributed by atoms with van der Waals surface area (Å²) in [6.07, 6.45) is 1.20. The van der Waals surface area contributed by atoms with Gasteiger partial charge in [-0.1, -0.05) is 7.43 Å². The Balaban J connectivity index is 0. The number of aldehydes is 1. The number of carboxylic acid groups (broad SMARTS) is 1. The average Bonchev–Trinajstić information content (AvgIpc) is 1.65. The lowest BCUT2D eigenvalue weighted by Crippen LogP contribution is -2.19. The van der Waals surface area contributed by atoms with E-state index in [4.69, 9.17) is 0 Å². The first-order chi connectivity index (χ1) is 3.66. The molecule has 0 amide bonds. The van der Waals surface area contributed by atoms with Crippen LogP contribution in [0.15, 0.2) is 11.6 Å². The molecule has 0 aromatic heterocycles. The van der Waals surface area contributed by atoms with Gasteiger partial charge in [-0.05, 0) is 18.6 Å². The minimum atomic E-state index is -1.34. The van der Waals surface area contributed by atoms with Crippen LogP contribution in [0.1, 0.15) is 14.4 Å². The van der Waals surface area contributed by atoms with Crippen molar-refractivity contribution in [1.82, 2.24) is 0 Å². The summed E-state index contributed by atoms with van der Waals surface area (Å²) < 4.78 is 0. The van der Waals surface area contributed by atoms with Gasteiger partial charge >= 0.3 is 0 Å². The molecule has 0 unspecified atom stereocenters. The number of carbonyl (C=O) groups is 2. The molecule has 0 radical (unpaired) electrons. The predicted octanol–water partition coefficient (Wildman–Crippen LogP) is -0.482. The number of aliphatic carboxylic acids is 1. The quantitative estimate of drug-likeness (QED) is 0.373. The fraction of sp³-hybridized carbons (Fsp3) is 0.333. The largest absolute Gasteiger partial charge is 0.545 e. The van der Waals surface area contributed by atoms with Crippen LogP contribution < -0.4 is 5.11 Å². The van der Waals surface area contributed by atoms with E-state index in [9.17, 15) is 14.7 Å². The Kier molecular flexibility index (Phi) is 6.02. The Morgan fingerprint density at radius 1 is 1.56 bits per heavy atom. The molecule has 0 N–H and O–H groups in total. The van der Waals surface area contributed by atoms with Gasteiger partial charge in [-0.25, -0.2) is 0 Å². The van der Waals surface area contributed by atoms with Gasteiger partial charge in [0.05, 0.1) is 5.97 Å². The van der Waals surface area contributed by atoms with E-state index in [1.165, 1.54) is 6.92 Å². The topological polar surface area (TPSA) is 57.2 Å². The fourth-order valence-electron chi connectivity index (χ4n) is 0.220. The number of hydrogen-bond acceptors (Lipinski definition) is 3. The molecule has 0 saturated carbocycles. The maximum Gasteiger partial charge on any atom is 0.145 e. The summed E-state index contributed by atoms with van der Waals surface area (Å²) in [7, 11) is 0. The molecular formula is C6H9O3-. The third-order valence-corrected chi connectivity index (χ3v) is 0.531. The van der Waals surface area contributed by atoms with Crippen molar-refractivity contribution < 1.29 is 14.7 Å². The van der Waals surface area contributed by atoms with E-state index >= 15 is 0 Å². The first kappa shape index (κ1) is 10.8. The van der Waals surface area contributed by atoms with Crippen LogP contribution in [0.4, 0.5) is 0 Å². The van der Waals surface area contributed by atoms with E-state index in [1.54, 1.807) is 0 Å². The minimum absolute atomic E-state index is 0. The van der Waals surface area contributed by atoms with Gasteiger partial charge in [-0.15, -0.1) is 0 Å². The molecule has 0 spiro atoms. The van der Waals surface area contributed by atoms with Crippen molar-refractivity contribution in [3.63, 3.8) is 0 Å². The lowest BCUT2D eigenvalue weighted by atomic mass is 10.3. The molecule has 0 aromatic rings. The van der Waals surface area contributed by atoms with Crippen molar-refractivity contribution >= 4 is 12.3 Å². The predicted molar refractivity (Wildman–Crippen MR) is 31.6 cm³/mol. The van der Waals surface area contributed by atoms with E-state index in [0.29, 0.717) is 6.29 Å². The van der Waals surface area contributed by atoms with Gasteiger partial charge in [0.15, 0.2) is 0 Å². The monoisotopic (exact) mass is 129 g/mol. The highest BCUT2D eigenvalue weighted by molar-refractivity contribution is 5.86. The van der Waals surface area contributed by atoms with Crippen LogP contribution in [0.5, 0.6) is 0 Å². The smallest absolute Gasteiger partial charge is 0.145 e. The van der Waals surface area contributed by atoms with E-state index in [-0.39, 0.29) is 13.0 Å². The molecule has 0 aliphatic heterocycles. The Bertz CT molecular complexity index is 135. The zero-order valence-corrected chi connectivity index (χ0v) is 4.38.